The zero-order chi connectivity index (χ0) is 15.5. The number of aromatic carboxylic acids is 1. The van der Waals surface area contributed by atoms with Crippen molar-refractivity contribution >= 4 is 23.3 Å². The van der Waals surface area contributed by atoms with E-state index in [4.69, 9.17) is 5.11 Å². The Balaban J connectivity index is 1.90. The molecule has 1 atom stereocenters. The maximum Gasteiger partial charge on any atom is 0.355 e. The van der Waals surface area contributed by atoms with Crippen LogP contribution in [0.15, 0.2) is 5.38 Å². The van der Waals surface area contributed by atoms with E-state index in [0.717, 1.165) is 25.7 Å². The summed E-state index contributed by atoms with van der Waals surface area (Å²) in [4.78, 5) is 26.9. The summed E-state index contributed by atoms with van der Waals surface area (Å²) in [5.74, 6) is -1.05. The van der Waals surface area contributed by atoms with Crippen LogP contribution in [-0.4, -0.2) is 27.6 Å². The van der Waals surface area contributed by atoms with E-state index >= 15 is 0 Å². The zero-order valence-corrected chi connectivity index (χ0v) is 13.1. The van der Waals surface area contributed by atoms with E-state index in [2.05, 4.69) is 22.5 Å². The molecule has 0 saturated heterocycles. The monoisotopic (exact) mass is 311 g/mol. The van der Waals surface area contributed by atoms with E-state index in [1.165, 1.54) is 23.1 Å². The van der Waals surface area contributed by atoms with Gasteiger partial charge in [0.1, 0.15) is 5.01 Å². The van der Waals surface area contributed by atoms with Crippen LogP contribution in [0.4, 0.5) is 4.79 Å². The van der Waals surface area contributed by atoms with Gasteiger partial charge >= 0.3 is 12.0 Å². The minimum Gasteiger partial charge on any atom is -0.476 e. The van der Waals surface area contributed by atoms with Crippen LogP contribution in [0.25, 0.3) is 0 Å². The van der Waals surface area contributed by atoms with E-state index in [9.17, 15) is 9.59 Å². The van der Waals surface area contributed by atoms with E-state index < -0.39 is 5.97 Å². The topological polar surface area (TPSA) is 91.3 Å². The Hall–Kier alpha value is -1.63. The van der Waals surface area contributed by atoms with Crippen LogP contribution >= 0.6 is 11.3 Å². The number of hydrogen-bond acceptors (Lipinski definition) is 4. The highest BCUT2D eigenvalue weighted by atomic mass is 32.1. The summed E-state index contributed by atoms with van der Waals surface area (Å²) in [5, 5.41) is 16.8. The third-order valence-electron chi connectivity index (χ3n) is 3.83. The summed E-state index contributed by atoms with van der Waals surface area (Å²) in [5.41, 5.74) is -0.125. The van der Waals surface area contributed by atoms with Crippen LogP contribution in [-0.2, 0) is 0 Å². The van der Waals surface area contributed by atoms with Crippen molar-refractivity contribution in [2.24, 2.45) is 0 Å². The molecular weight excluding hydrogens is 290 g/mol. The normalized spacial score (nSPS) is 18.8. The van der Waals surface area contributed by atoms with Gasteiger partial charge in [-0.1, -0.05) is 19.3 Å². The molecule has 1 aromatic heterocycles. The summed E-state index contributed by atoms with van der Waals surface area (Å²) in [6, 6.07) is -0.533. The molecule has 0 radical (unpaired) electrons. The standard InChI is InChI=1S/C14H21N3O3S/c1-9(11-16-10(8-21-11)12(18)19)15-13(20)17-14(2)6-4-3-5-7-14/h8-9H,3-7H2,1-2H3,(H,18,19)(H2,15,17,20). The molecule has 116 valence electrons. The number of hydrogen-bond donors (Lipinski definition) is 3. The molecule has 1 saturated carbocycles. The van der Waals surface area contributed by atoms with Gasteiger partial charge in [-0.2, -0.15) is 0 Å². The first-order valence-corrected chi connectivity index (χ1v) is 8.05. The van der Waals surface area contributed by atoms with E-state index in [1.54, 1.807) is 6.92 Å². The van der Waals surface area contributed by atoms with Crippen molar-refractivity contribution in [3.63, 3.8) is 0 Å². The van der Waals surface area contributed by atoms with Crippen molar-refractivity contribution in [3.05, 3.63) is 16.1 Å². The van der Waals surface area contributed by atoms with Crippen molar-refractivity contribution in [3.8, 4) is 0 Å². The second-order valence-electron chi connectivity index (χ2n) is 5.82. The maximum atomic E-state index is 12.1. The molecule has 0 aliphatic heterocycles. The van der Waals surface area contributed by atoms with Gasteiger partial charge < -0.3 is 15.7 Å². The zero-order valence-electron chi connectivity index (χ0n) is 12.3. The lowest BCUT2D eigenvalue weighted by Crippen LogP contribution is -2.51. The number of amides is 2. The van der Waals surface area contributed by atoms with Crippen LogP contribution in [0.5, 0.6) is 0 Å². The molecule has 2 amide bonds. The van der Waals surface area contributed by atoms with Gasteiger partial charge in [0.15, 0.2) is 5.69 Å². The third-order valence-corrected chi connectivity index (χ3v) is 4.86. The number of carboxylic acids is 1. The Morgan fingerprint density at radius 2 is 2.05 bits per heavy atom. The van der Waals surface area contributed by atoms with Crippen LogP contribution in [0.3, 0.4) is 0 Å². The Bertz CT molecular complexity index is 523. The van der Waals surface area contributed by atoms with Gasteiger partial charge in [-0.15, -0.1) is 11.3 Å². The highest BCUT2D eigenvalue weighted by molar-refractivity contribution is 7.09. The molecule has 1 aromatic rings. The third kappa shape index (κ3) is 4.17. The number of carbonyl (C=O) groups is 2. The van der Waals surface area contributed by atoms with Crippen molar-refractivity contribution in [1.29, 1.82) is 0 Å². The Kier molecular flexibility index (Phi) is 4.82. The summed E-state index contributed by atoms with van der Waals surface area (Å²) in [7, 11) is 0. The molecule has 1 aliphatic carbocycles. The average Bonchev–Trinajstić information content (AvgIpc) is 2.88. The fourth-order valence-corrected chi connectivity index (χ4v) is 3.41. The van der Waals surface area contributed by atoms with Gasteiger partial charge in [0.25, 0.3) is 0 Å². The number of aromatic nitrogens is 1. The lowest BCUT2D eigenvalue weighted by molar-refractivity contribution is 0.0691. The molecule has 7 heteroatoms. The van der Waals surface area contributed by atoms with Crippen molar-refractivity contribution in [2.45, 2.75) is 57.5 Å². The van der Waals surface area contributed by atoms with Crippen LogP contribution in [0.1, 0.15) is 67.5 Å². The molecule has 6 nitrogen and oxygen atoms in total. The molecule has 2 rings (SSSR count). The quantitative estimate of drug-likeness (QED) is 0.797. The fourth-order valence-electron chi connectivity index (χ4n) is 2.61. The number of carbonyl (C=O) groups excluding carboxylic acids is 1. The molecular formula is C14H21N3O3S. The Labute approximate surface area is 128 Å². The van der Waals surface area contributed by atoms with E-state index in [1.807, 2.05) is 0 Å². The largest absolute Gasteiger partial charge is 0.476 e. The van der Waals surface area contributed by atoms with Gasteiger partial charge in [-0.05, 0) is 26.7 Å². The summed E-state index contributed by atoms with van der Waals surface area (Å²) >= 11 is 1.24. The first kappa shape index (κ1) is 15.8. The lowest BCUT2D eigenvalue weighted by Gasteiger charge is -2.34. The smallest absolute Gasteiger partial charge is 0.355 e. The summed E-state index contributed by atoms with van der Waals surface area (Å²) < 4.78 is 0. The molecule has 1 aliphatic rings. The van der Waals surface area contributed by atoms with Gasteiger partial charge in [-0.3, -0.25) is 0 Å². The molecule has 0 bridgehead atoms. The number of nitrogens with zero attached hydrogens (tertiary/aromatic N) is 1. The lowest BCUT2D eigenvalue weighted by atomic mass is 9.83. The van der Waals surface area contributed by atoms with E-state index in [0.29, 0.717) is 5.01 Å². The van der Waals surface area contributed by atoms with Gasteiger partial charge in [-0.25, -0.2) is 14.6 Å². The Morgan fingerprint density at radius 1 is 1.38 bits per heavy atom. The fraction of sp³-hybridized carbons (Fsp3) is 0.643. The van der Waals surface area contributed by atoms with Crippen LogP contribution < -0.4 is 10.6 Å². The first-order valence-electron chi connectivity index (χ1n) is 7.17. The summed E-state index contributed by atoms with van der Waals surface area (Å²) in [6.45, 7) is 3.87. The molecule has 0 spiro atoms. The number of carboxylic acid groups (broad SMARTS) is 1. The highest BCUT2D eigenvalue weighted by Crippen LogP contribution is 2.27. The number of nitrogens with one attached hydrogen (secondary N) is 2. The number of thiazole rings is 1. The molecule has 1 fully saturated rings. The van der Waals surface area contributed by atoms with Crippen molar-refractivity contribution in [1.82, 2.24) is 15.6 Å². The average molecular weight is 311 g/mol. The van der Waals surface area contributed by atoms with Crippen molar-refractivity contribution in [2.75, 3.05) is 0 Å². The predicted molar refractivity (Wildman–Crippen MR) is 80.6 cm³/mol. The van der Waals surface area contributed by atoms with E-state index in [-0.39, 0.29) is 23.3 Å². The maximum absolute atomic E-state index is 12.1. The second-order valence-corrected chi connectivity index (χ2v) is 6.71. The highest BCUT2D eigenvalue weighted by Gasteiger charge is 2.29. The molecule has 1 unspecified atom stereocenters. The van der Waals surface area contributed by atoms with Gasteiger partial charge in [0.05, 0.1) is 6.04 Å². The number of rotatable bonds is 4. The minimum absolute atomic E-state index is 0.0169. The van der Waals surface area contributed by atoms with Crippen molar-refractivity contribution < 1.29 is 14.7 Å². The number of urea groups is 1. The SMILES string of the molecule is CC(NC(=O)NC1(C)CCCCC1)c1nc(C(=O)O)cs1. The second kappa shape index (κ2) is 6.43. The van der Waals surface area contributed by atoms with Crippen LogP contribution in [0.2, 0.25) is 0 Å². The van der Waals surface area contributed by atoms with Gasteiger partial charge in [0, 0.05) is 10.9 Å². The molecule has 1 heterocycles. The molecule has 21 heavy (non-hydrogen) atoms. The minimum atomic E-state index is -1.05. The first-order chi connectivity index (χ1) is 9.89. The van der Waals surface area contributed by atoms with Gasteiger partial charge in [0.2, 0.25) is 0 Å². The molecule has 0 aromatic carbocycles. The predicted octanol–water partition coefficient (Wildman–Crippen LogP) is 2.92. The summed E-state index contributed by atoms with van der Waals surface area (Å²) in [6.07, 6.45) is 5.50. The Morgan fingerprint density at radius 3 is 2.62 bits per heavy atom. The van der Waals surface area contributed by atoms with Crippen LogP contribution in [0, 0.1) is 0 Å². The molecule has 3 N–H and O–H groups in total.